The fourth-order valence-electron chi connectivity index (χ4n) is 1.19. The number of hydrogen-bond donors (Lipinski definition) is 2. The highest BCUT2D eigenvalue weighted by atomic mass is 16.3. The lowest BCUT2D eigenvalue weighted by Crippen LogP contribution is -2.38. The largest absolute Gasteiger partial charge is 0.390 e. The summed E-state index contributed by atoms with van der Waals surface area (Å²) in [6.45, 7) is 0.604. The van der Waals surface area contributed by atoms with Crippen LogP contribution < -0.4 is 5.32 Å². The van der Waals surface area contributed by atoms with Gasteiger partial charge in [0, 0.05) is 6.54 Å². The van der Waals surface area contributed by atoms with Crippen LogP contribution in [-0.2, 0) is 0 Å². The molecule has 0 aromatic carbocycles. The number of nitrogens with zero attached hydrogens (tertiary/aromatic N) is 1. The van der Waals surface area contributed by atoms with Crippen molar-refractivity contribution in [1.29, 1.82) is 5.26 Å². The van der Waals surface area contributed by atoms with Crippen LogP contribution in [0.1, 0.15) is 25.7 Å². The Morgan fingerprint density at radius 3 is 2.70 bits per heavy atom. The molecule has 3 nitrogen and oxygen atoms in total. The van der Waals surface area contributed by atoms with Crippen LogP contribution >= 0.6 is 0 Å². The predicted octanol–water partition coefficient (Wildman–Crippen LogP) is 0.362. The average molecular weight is 140 g/mol. The summed E-state index contributed by atoms with van der Waals surface area (Å²) < 4.78 is 0. The van der Waals surface area contributed by atoms with Crippen molar-refractivity contribution in [2.24, 2.45) is 0 Å². The molecule has 0 aliphatic heterocycles. The lowest BCUT2D eigenvalue weighted by Gasteiger charge is -2.36. The van der Waals surface area contributed by atoms with Gasteiger partial charge >= 0.3 is 0 Å². The van der Waals surface area contributed by atoms with E-state index >= 15 is 0 Å². The monoisotopic (exact) mass is 140 g/mol. The van der Waals surface area contributed by atoms with E-state index in [0.29, 0.717) is 13.0 Å². The molecule has 1 fully saturated rings. The summed E-state index contributed by atoms with van der Waals surface area (Å²) in [6, 6.07) is 0. The molecule has 2 N–H and O–H groups in total. The predicted molar refractivity (Wildman–Crippen MR) is 37.0 cm³/mol. The molecular weight excluding hydrogens is 128 g/mol. The molecule has 1 saturated carbocycles. The topological polar surface area (TPSA) is 56.0 Å². The van der Waals surface area contributed by atoms with Gasteiger partial charge in [0.15, 0.2) is 6.19 Å². The van der Waals surface area contributed by atoms with Crippen molar-refractivity contribution in [1.82, 2.24) is 5.32 Å². The smallest absolute Gasteiger partial charge is 0.176 e. The van der Waals surface area contributed by atoms with E-state index in [2.05, 4.69) is 5.32 Å². The second-order valence-corrected chi connectivity index (χ2v) is 2.87. The molecule has 1 aliphatic rings. The molecule has 0 unspecified atom stereocenters. The van der Waals surface area contributed by atoms with Gasteiger partial charge in [0.2, 0.25) is 0 Å². The normalized spacial score (nSPS) is 20.8. The van der Waals surface area contributed by atoms with Crippen molar-refractivity contribution < 1.29 is 5.11 Å². The SMILES string of the molecule is N#CNCCC1(O)CCC1. The van der Waals surface area contributed by atoms with Gasteiger partial charge in [-0.15, -0.1) is 0 Å². The lowest BCUT2D eigenvalue weighted by atomic mass is 9.78. The molecule has 1 aliphatic carbocycles. The summed E-state index contributed by atoms with van der Waals surface area (Å²) >= 11 is 0. The van der Waals surface area contributed by atoms with Crippen LogP contribution in [0.2, 0.25) is 0 Å². The Hall–Kier alpha value is -0.750. The first-order valence-corrected chi connectivity index (χ1v) is 3.61. The number of nitriles is 1. The minimum atomic E-state index is -0.441. The van der Waals surface area contributed by atoms with Gasteiger partial charge in [0.25, 0.3) is 0 Å². The zero-order chi connectivity index (χ0) is 7.45. The molecule has 0 aromatic heterocycles. The summed E-state index contributed by atoms with van der Waals surface area (Å²) in [4.78, 5) is 0. The molecule has 0 amide bonds. The number of rotatable bonds is 3. The summed E-state index contributed by atoms with van der Waals surface area (Å²) in [5.41, 5.74) is -0.441. The highest BCUT2D eigenvalue weighted by Crippen LogP contribution is 2.33. The Morgan fingerprint density at radius 2 is 2.30 bits per heavy atom. The third-order valence-electron chi connectivity index (χ3n) is 2.08. The second kappa shape index (κ2) is 2.89. The van der Waals surface area contributed by atoms with Gasteiger partial charge in [-0.25, -0.2) is 0 Å². The minimum absolute atomic E-state index is 0.441. The van der Waals surface area contributed by atoms with Gasteiger partial charge in [-0.1, -0.05) is 0 Å². The first-order valence-electron chi connectivity index (χ1n) is 3.61. The van der Waals surface area contributed by atoms with Crippen molar-refractivity contribution in [2.45, 2.75) is 31.3 Å². The zero-order valence-electron chi connectivity index (χ0n) is 5.93. The van der Waals surface area contributed by atoms with E-state index < -0.39 is 5.60 Å². The number of aliphatic hydroxyl groups is 1. The Balaban J connectivity index is 2.07. The van der Waals surface area contributed by atoms with Crippen LogP contribution in [0.15, 0.2) is 0 Å². The molecule has 0 heterocycles. The average Bonchev–Trinajstić information content (AvgIpc) is 1.85. The van der Waals surface area contributed by atoms with Crippen LogP contribution in [0.4, 0.5) is 0 Å². The summed E-state index contributed by atoms with van der Waals surface area (Å²) in [5, 5.41) is 20.1. The highest BCUT2D eigenvalue weighted by molar-refractivity contribution is 4.88. The van der Waals surface area contributed by atoms with E-state index in [4.69, 9.17) is 5.26 Å². The fourth-order valence-corrected chi connectivity index (χ4v) is 1.19. The molecule has 1 rings (SSSR count). The summed E-state index contributed by atoms with van der Waals surface area (Å²) in [7, 11) is 0. The molecule has 0 radical (unpaired) electrons. The first kappa shape index (κ1) is 7.36. The van der Waals surface area contributed by atoms with Crippen LogP contribution in [0, 0.1) is 11.5 Å². The van der Waals surface area contributed by atoms with Crippen molar-refractivity contribution >= 4 is 0 Å². The van der Waals surface area contributed by atoms with Gasteiger partial charge in [-0.3, -0.25) is 0 Å². The second-order valence-electron chi connectivity index (χ2n) is 2.87. The quantitative estimate of drug-likeness (QED) is 0.338. The van der Waals surface area contributed by atoms with Crippen molar-refractivity contribution in [3.8, 4) is 6.19 Å². The minimum Gasteiger partial charge on any atom is -0.390 e. The maximum absolute atomic E-state index is 9.49. The van der Waals surface area contributed by atoms with E-state index in [1.807, 2.05) is 6.19 Å². The van der Waals surface area contributed by atoms with Crippen LogP contribution in [0.3, 0.4) is 0 Å². The van der Waals surface area contributed by atoms with E-state index in [1.165, 1.54) is 0 Å². The molecule has 3 heteroatoms. The van der Waals surface area contributed by atoms with Crippen molar-refractivity contribution in [3.63, 3.8) is 0 Å². The maximum atomic E-state index is 9.49. The number of nitrogens with one attached hydrogen (secondary N) is 1. The lowest BCUT2D eigenvalue weighted by molar-refractivity contribution is -0.0388. The van der Waals surface area contributed by atoms with Gasteiger partial charge in [0.05, 0.1) is 5.60 Å². The first-order chi connectivity index (χ1) is 4.77. The van der Waals surface area contributed by atoms with E-state index in [1.54, 1.807) is 0 Å². The van der Waals surface area contributed by atoms with Crippen LogP contribution in [0.5, 0.6) is 0 Å². The molecule has 0 spiro atoms. The summed E-state index contributed by atoms with van der Waals surface area (Å²) in [6.07, 6.45) is 5.47. The van der Waals surface area contributed by atoms with Gasteiger partial charge in [-0.05, 0) is 25.7 Å². The molecule has 10 heavy (non-hydrogen) atoms. The third-order valence-corrected chi connectivity index (χ3v) is 2.08. The molecule has 56 valence electrons. The summed E-state index contributed by atoms with van der Waals surface area (Å²) in [5.74, 6) is 0. The van der Waals surface area contributed by atoms with Gasteiger partial charge in [0.1, 0.15) is 0 Å². The van der Waals surface area contributed by atoms with E-state index in [9.17, 15) is 5.11 Å². The van der Waals surface area contributed by atoms with Gasteiger partial charge in [-0.2, -0.15) is 5.26 Å². The van der Waals surface area contributed by atoms with Crippen LogP contribution in [0.25, 0.3) is 0 Å². The third kappa shape index (κ3) is 1.61. The Bertz CT molecular complexity index is 146. The Labute approximate surface area is 60.7 Å². The Morgan fingerprint density at radius 1 is 1.60 bits per heavy atom. The van der Waals surface area contributed by atoms with E-state index in [-0.39, 0.29) is 0 Å². The Kier molecular flexibility index (Phi) is 2.13. The van der Waals surface area contributed by atoms with E-state index in [0.717, 1.165) is 19.3 Å². The van der Waals surface area contributed by atoms with Gasteiger partial charge < -0.3 is 10.4 Å². The molecule has 0 aromatic rings. The maximum Gasteiger partial charge on any atom is 0.176 e. The molecule has 0 saturated heterocycles. The molecular formula is C7H12N2O. The standard InChI is InChI=1S/C7H12N2O/c8-6-9-5-4-7(10)2-1-3-7/h9-10H,1-5H2. The molecule has 0 atom stereocenters. The van der Waals surface area contributed by atoms with Crippen molar-refractivity contribution in [3.05, 3.63) is 0 Å². The molecule has 0 bridgehead atoms. The highest BCUT2D eigenvalue weighted by Gasteiger charge is 2.33. The van der Waals surface area contributed by atoms with Crippen LogP contribution in [-0.4, -0.2) is 17.3 Å². The zero-order valence-corrected chi connectivity index (χ0v) is 5.93. The fraction of sp³-hybridized carbons (Fsp3) is 0.857. The van der Waals surface area contributed by atoms with Crippen molar-refractivity contribution in [2.75, 3.05) is 6.54 Å². The number of hydrogen-bond acceptors (Lipinski definition) is 3.